The number of hydrogen-bond donors (Lipinski definition) is 1. The smallest absolute Gasteiger partial charge is 0.222 e. The highest BCUT2D eigenvalue weighted by Crippen LogP contribution is 2.33. The van der Waals surface area contributed by atoms with Crippen molar-refractivity contribution in [3.8, 4) is 11.3 Å². The van der Waals surface area contributed by atoms with E-state index < -0.39 is 0 Å². The molecule has 90 valence electrons. The third kappa shape index (κ3) is 1.75. The van der Waals surface area contributed by atoms with Crippen LogP contribution in [0.15, 0.2) is 35.8 Å². The van der Waals surface area contributed by atoms with E-state index in [0.29, 0.717) is 5.95 Å². The molecule has 0 atom stereocenters. The molecule has 0 aliphatic carbocycles. The van der Waals surface area contributed by atoms with E-state index in [0.717, 1.165) is 11.3 Å². The maximum absolute atomic E-state index is 4.58. The third-order valence-electron chi connectivity index (χ3n) is 2.93. The summed E-state index contributed by atoms with van der Waals surface area (Å²) in [6.45, 7) is 2.04. The molecule has 0 unspecified atom stereocenters. The number of fused-ring (bicyclic) bond motifs is 1. The SMILES string of the molecule is CNc1ncc(C)c(-c2cccc3ccsc23)n1. The number of thiophene rings is 1. The molecule has 0 aliphatic rings. The lowest BCUT2D eigenvalue weighted by Crippen LogP contribution is -1.99. The molecule has 0 spiro atoms. The largest absolute Gasteiger partial charge is 0.357 e. The number of aromatic nitrogens is 2. The first-order chi connectivity index (χ1) is 8.79. The summed E-state index contributed by atoms with van der Waals surface area (Å²) in [6.07, 6.45) is 1.86. The summed E-state index contributed by atoms with van der Waals surface area (Å²) in [5.74, 6) is 0.657. The fourth-order valence-electron chi connectivity index (χ4n) is 2.01. The summed E-state index contributed by atoms with van der Waals surface area (Å²) in [5.41, 5.74) is 3.27. The second kappa shape index (κ2) is 4.38. The highest BCUT2D eigenvalue weighted by molar-refractivity contribution is 7.17. The fraction of sp³-hybridized carbons (Fsp3) is 0.143. The van der Waals surface area contributed by atoms with Crippen LogP contribution in [0, 0.1) is 6.92 Å². The lowest BCUT2D eigenvalue weighted by molar-refractivity contribution is 1.13. The summed E-state index contributed by atoms with van der Waals surface area (Å²) in [6, 6.07) is 8.46. The Labute approximate surface area is 110 Å². The summed E-state index contributed by atoms with van der Waals surface area (Å²) in [4.78, 5) is 8.81. The highest BCUT2D eigenvalue weighted by Gasteiger charge is 2.10. The Balaban J connectivity index is 2.28. The van der Waals surface area contributed by atoms with Gasteiger partial charge in [0.15, 0.2) is 0 Å². The maximum atomic E-state index is 4.58. The Kier molecular flexibility index (Phi) is 2.72. The number of rotatable bonds is 2. The molecule has 3 nitrogen and oxygen atoms in total. The molecule has 0 fully saturated rings. The Hall–Kier alpha value is -1.94. The first-order valence-electron chi connectivity index (χ1n) is 5.77. The topological polar surface area (TPSA) is 37.8 Å². The average molecular weight is 255 g/mol. The predicted molar refractivity (Wildman–Crippen MR) is 77.1 cm³/mol. The predicted octanol–water partition coefficient (Wildman–Crippen LogP) is 3.71. The van der Waals surface area contributed by atoms with Crippen molar-refractivity contribution in [2.24, 2.45) is 0 Å². The average Bonchev–Trinajstić information content (AvgIpc) is 2.87. The third-order valence-corrected chi connectivity index (χ3v) is 3.89. The fourth-order valence-corrected chi connectivity index (χ4v) is 2.93. The van der Waals surface area contributed by atoms with Crippen molar-refractivity contribution in [1.29, 1.82) is 0 Å². The van der Waals surface area contributed by atoms with E-state index in [9.17, 15) is 0 Å². The number of hydrogen-bond acceptors (Lipinski definition) is 4. The lowest BCUT2D eigenvalue weighted by atomic mass is 10.1. The number of anilines is 1. The molecule has 0 radical (unpaired) electrons. The second-order valence-electron chi connectivity index (χ2n) is 4.12. The van der Waals surface area contributed by atoms with Crippen LogP contribution in [0.4, 0.5) is 5.95 Å². The molecule has 1 aromatic carbocycles. The number of aryl methyl sites for hydroxylation is 1. The zero-order chi connectivity index (χ0) is 12.5. The number of nitrogens with zero attached hydrogens (tertiary/aromatic N) is 2. The molecule has 0 saturated heterocycles. The van der Waals surface area contributed by atoms with E-state index in [1.54, 1.807) is 11.3 Å². The highest BCUT2D eigenvalue weighted by atomic mass is 32.1. The van der Waals surface area contributed by atoms with Crippen molar-refractivity contribution in [2.45, 2.75) is 6.92 Å². The summed E-state index contributed by atoms with van der Waals surface area (Å²) in [7, 11) is 1.83. The summed E-state index contributed by atoms with van der Waals surface area (Å²) in [5, 5.41) is 6.37. The van der Waals surface area contributed by atoms with Crippen LogP contribution in [-0.4, -0.2) is 17.0 Å². The molecule has 1 N–H and O–H groups in total. The van der Waals surface area contributed by atoms with Crippen LogP contribution >= 0.6 is 11.3 Å². The summed E-state index contributed by atoms with van der Waals surface area (Å²) < 4.78 is 1.28. The standard InChI is InChI=1S/C14H13N3S/c1-9-8-16-14(15-2)17-12(9)11-5-3-4-10-6-7-18-13(10)11/h3-8H,1-2H3,(H,15,16,17). The zero-order valence-corrected chi connectivity index (χ0v) is 11.1. The van der Waals surface area contributed by atoms with Crippen molar-refractivity contribution in [1.82, 2.24) is 9.97 Å². The Morgan fingerprint density at radius 1 is 1.22 bits per heavy atom. The normalized spacial score (nSPS) is 10.8. The van der Waals surface area contributed by atoms with Gasteiger partial charge in [0.05, 0.1) is 5.69 Å². The molecular weight excluding hydrogens is 242 g/mol. The van der Waals surface area contributed by atoms with E-state index in [2.05, 4.69) is 44.9 Å². The van der Waals surface area contributed by atoms with Crippen molar-refractivity contribution in [3.63, 3.8) is 0 Å². The Morgan fingerprint density at radius 3 is 2.94 bits per heavy atom. The van der Waals surface area contributed by atoms with Gasteiger partial charge in [-0.1, -0.05) is 18.2 Å². The van der Waals surface area contributed by atoms with Gasteiger partial charge in [-0.2, -0.15) is 0 Å². The van der Waals surface area contributed by atoms with Crippen molar-refractivity contribution in [2.75, 3.05) is 12.4 Å². The van der Waals surface area contributed by atoms with E-state index in [1.807, 2.05) is 20.2 Å². The Morgan fingerprint density at radius 2 is 2.11 bits per heavy atom. The molecule has 0 aliphatic heterocycles. The minimum absolute atomic E-state index is 0.657. The van der Waals surface area contributed by atoms with Crippen LogP contribution in [0.2, 0.25) is 0 Å². The van der Waals surface area contributed by atoms with Gasteiger partial charge in [-0.3, -0.25) is 0 Å². The quantitative estimate of drug-likeness (QED) is 0.758. The Bertz CT molecular complexity index is 703. The van der Waals surface area contributed by atoms with Gasteiger partial charge in [0.1, 0.15) is 0 Å². The first kappa shape index (κ1) is 11.2. The summed E-state index contributed by atoms with van der Waals surface area (Å²) >= 11 is 1.75. The van der Waals surface area contributed by atoms with Crippen LogP contribution < -0.4 is 5.32 Å². The molecule has 18 heavy (non-hydrogen) atoms. The molecular formula is C14H13N3S. The molecule has 0 amide bonds. The van der Waals surface area contributed by atoms with E-state index in [-0.39, 0.29) is 0 Å². The molecule has 3 aromatic rings. The van der Waals surface area contributed by atoms with Gasteiger partial charge in [-0.25, -0.2) is 9.97 Å². The van der Waals surface area contributed by atoms with Gasteiger partial charge < -0.3 is 5.32 Å². The molecule has 4 heteroatoms. The van der Waals surface area contributed by atoms with E-state index in [1.165, 1.54) is 15.6 Å². The van der Waals surface area contributed by atoms with Crippen LogP contribution in [-0.2, 0) is 0 Å². The maximum Gasteiger partial charge on any atom is 0.222 e. The van der Waals surface area contributed by atoms with Gasteiger partial charge in [-0.05, 0) is 29.3 Å². The molecule has 0 bridgehead atoms. The molecule has 0 saturated carbocycles. The van der Waals surface area contributed by atoms with Crippen molar-refractivity contribution >= 4 is 27.4 Å². The van der Waals surface area contributed by atoms with Crippen LogP contribution in [0.1, 0.15) is 5.56 Å². The van der Waals surface area contributed by atoms with Gasteiger partial charge in [0.2, 0.25) is 5.95 Å². The molecule has 2 aromatic heterocycles. The molecule has 2 heterocycles. The lowest BCUT2D eigenvalue weighted by Gasteiger charge is -2.08. The second-order valence-corrected chi connectivity index (χ2v) is 5.04. The van der Waals surface area contributed by atoms with Crippen LogP contribution in [0.5, 0.6) is 0 Å². The van der Waals surface area contributed by atoms with Gasteiger partial charge in [-0.15, -0.1) is 11.3 Å². The van der Waals surface area contributed by atoms with E-state index in [4.69, 9.17) is 0 Å². The van der Waals surface area contributed by atoms with Gasteiger partial charge >= 0.3 is 0 Å². The van der Waals surface area contributed by atoms with Gasteiger partial charge in [0, 0.05) is 23.5 Å². The minimum Gasteiger partial charge on any atom is -0.357 e. The number of benzene rings is 1. The van der Waals surface area contributed by atoms with Crippen LogP contribution in [0.25, 0.3) is 21.3 Å². The monoisotopic (exact) mass is 255 g/mol. The van der Waals surface area contributed by atoms with E-state index >= 15 is 0 Å². The van der Waals surface area contributed by atoms with Gasteiger partial charge in [0.25, 0.3) is 0 Å². The number of nitrogens with one attached hydrogen (secondary N) is 1. The minimum atomic E-state index is 0.657. The van der Waals surface area contributed by atoms with Crippen LogP contribution in [0.3, 0.4) is 0 Å². The zero-order valence-electron chi connectivity index (χ0n) is 10.3. The first-order valence-corrected chi connectivity index (χ1v) is 6.65. The molecule has 3 rings (SSSR count). The van der Waals surface area contributed by atoms with Crippen molar-refractivity contribution in [3.05, 3.63) is 41.4 Å². The van der Waals surface area contributed by atoms with Crippen molar-refractivity contribution < 1.29 is 0 Å².